The molecule has 0 bridgehead atoms. The molecule has 1 N–H and O–H groups in total. The summed E-state index contributed by atoms with van der Waals surface area (Å²) in [4.78, 5) is 30.3. The Morgan fingerprint density at radius 1 is 0.978 bits per heavy atom. The number of ether oxygens (including phenoxy) is 2. The number of para-hydroxylation sites is 2. The highest BCUT2D eigenvalue weighted by atomic mass is 32.2. The highest BCUT2D eigenvalue weighted by Gasteiger charge is 2.34. The van der Waals surface area contributed by atoms with E-state index < -0.39 is 28.5 Å². The standard InChI is InChI=1S/C34H43N3O6S2/c1-5-43-32-14-10-9-13-31(32)37(45(40,41)30-21-19-29(44-4)20-22-30)24-33(38)36(23-26-15-17-28(42-3)18-16-26)25(2)34(39)35-27-11-7-6-8-12-27/h9-10,13-22,25,27H,5-8,11-12,23-24H2,1-4H3,(H,35,39)/t25-/m0/s1. The number of methoxy groups -OCH3 is 1. The molecular formula is C34H43N3O6S2. The van der Waals surface area contributed by atoms with Gasteiger partial charge in [-0.3, -0.25) is 13.9 Å². The van der Waals surface area contributed by atoms with E-state index in [9.17, 15) is 18.0 Å². The Bertz CT molecular complexity index is 1520. The summed E-state index contributed by atoms with van der Waals surface area (Å²) in [5, 5.41) is 3.13. The molecule has 1 fully saturated rings. The quantitative estimate of drug-likeness (QED) is 0.217. The van der Waals surface area contributed by atoms with E-state index in [0.717, 1.165) is 46.9 Å². The third kappa shape index (κ3) is 8.73. The molecule has 0 spiro atoms. The maximum Gasteiger partial charge on any atom is 0.264 e. The minimum absolute atomic E-state index is 0.0456. The molecule has 1 aliphatic rings. The number of amides is 2. The zero-order valence-electron chi connectivity index (χ0n) is 26.4. The van der Waals surface area contributed by atoms with Crippen LogP contribution < -0.4 is 19.1 Å². The smallest absolute Gasteiger partial charge is 0.264 e. The second kappa shape index (κ2) is 16.0. The molecule has 242 valence electrons. The number of thioether (sulfide) groups is 1. The Hall–Kier alpha value is -3.70. The lowest BCUT2D eigenvalue weighted by atomic mass is 9.95. The summed E-state index contributed by atoms with van der Waals surface area (Å²) in [6.45, 7) is 3.38. The van der Waals surface area contributed by atoms with E-state index in [-0.39, 0.29) is 29.1 Å². The maximum absolute atomic E-state index is 14.3. The number of nitrogens with one attached hydrogen (secondary N) is 1. The number of carbonyl (C=O) groups is 2. The second-order valence-electron chi connectivity index (χ2n) is 11.0. The van der Waals surface area contributed by atoms with Gasteiger partial charge in [-0.2, -0.15) is 0 Å². The first-order chi connectivity index (χ1) is 21.7. The van der Waals surface area contributed by atoms with Crippen LogP contribution in [0.3, 0.4) is 0 Å². The number of nitrogens with zero attached hydrogens (tertiary/aromatic N) is 2. The number of hydrogen-bond donors (Lipinski definition) is 1. The van der Waals surface area contributed by atoms with E-state index in [2.05, 4.69) is 5.32 Å². The van der Waals surface area contributed by atoms with Crippen LogP contribution in [0.15, 0.2) is 82.6 Å². The van der Waals surface area contributed by atoms with E-state index >= 15 is 0 Å². The second-order valence-corrected chi connectivity index (χ2v) is 13.7. The first-order valence-electron chi connectivity index (χ1n) is 15.3. The van der Waals surface area contributed by atoms with Crippen molar-refractivity contribution in [3.63, 3.8) is 0 Å². The van der Waals surface area contributed by atoms with Crippen LogP contribution in [-0.4, -0.2) is 63.7 Å². The zero-order valence-corrected chi connectivity index (χ0v) is 28.0. The van der Waals surface area contributed by atoms with Crippen molar-refractivity contribution < 1.29 is 27.5 Å². The first kappa shape index (κ1) is 34.2. The van der Waals surface area contributed by atoms with Gasteiger partial charge in [0.15, 0.2) is 0 Å². The molecule has 9 nitrogen and oxygen atoms in total. The van der Waals surface area contributed by atoms with Crippen LogP contribution >= 0.6 is 11.8 Å². The van der Waals surface area contributed by atoms with E-state index in [0.29, 0.717) is 18.1 Å². The topological polar surface area (TPSA) is 105 Å². The van der Waals surface area contributed by atoms with Crippen LogP contribution in [0.1, 0.15) is 51.5 Å². The van der Waals surface area contributed by atoms with Crippen LogP contribution in [0.2, 0.25) is 0 Å². The normalized spacial score (nSPS) is 14.3. The average molecular weight is 654 g/mol. The number of carbonyl (C=O) groups excluding carboxylic acids is 2. The van der Waals surface area contributed by atoms with Gasteiger partial charge in [-0.05, 0) is 87.0 Å². The van der Waals surface area contributed by atoms with Crippen molar-refractivity contribution in [1.82, 2.24) is 10.2 Å². The van der Waals surface area contributed by atoms with Crippen molar-refractivity contribution in [2.75, 3.05) is 30.8 Å². The predicted molar refractivity (Wildman–Crippen MR) is 178 cm³/mol. The zero-order chi connectivity index (χ0) is 32.4. The van der Waals surface area contributed by atoms with Crippen molar-refractivity contribution in [2.45, 2.75) is 74.4 Å². The Morgan fingerprint density at radius 2 is 1.64 bits per heavy atom. The van der Waals surface area contributed by atoms with Crippen molar-refractivity contribution in [3.8, 4) is 11.5 Å². The van der Waals surface area contributed by atoms with Gasteiger partial charge in [-0.25, -0.2) is 8.42 Å². The van der Waals surface area contributed by atoms with Crippen LogP contribution in [0.5, 0.6) is 11.5 Å². The van der Waals surface area contributed by atoms with Gasteiger partial charge in [0.05, 0.1) is 24.3 Å². The highest BCUT2D eigenvalue weighted by Crippen LogP contribution is 2.33. The summed E-state index contributed by atoms with van der Waals surface area (Å²) >= 11 is 1.50. The number of sulfonamides is 1. The van der Waals surface area contributed by atoms with Gasteiger partial charge in [0.2, 0.25) is 11.8 Å². The lowest BCUT2D eigenvalue weighted by Crippen LogP contribution is -2.53. The molecule has 11 heteroatoms. The summed E-state index contributed by atoms with van der Waals surface area (Å²) in [6.07, 6.45) is 6.98. The van der Waals surface area contributed by atoms with E-state index in [1.165, 1.54) is 28.8 Å². The number of benzene rings is 3. The summed E-state index contributed by atoms with van der Waals surface area (Å²) < 4.78 is 40.7. The molecular weight excluding hydrogens is 611 g/mol. The summed E-state index contributed by atoms with van der Waals surface area (Å²) in [7, 11) is -2.64. The van der Waals surface area contributed by atoms with Gasteiger partial charge in [-0.1, -0.05) is 43.5 Å². The minimum Gasteiger partial charge on any atom is -0.497 e. The fourth-order valence-corrected chi connectivity index (χ4v) is 7.24. The Balaban J connectivity index is 1.71. The third-order valence-corrected chi connectivity index (χ3v) is 10.5. The molecule has 0 heterocycles. The molecule has 0 aromatic heterocycles. The molecule has 0 aliphatic heterocycles. The number of anilines is 1. The van der Waals surface area contributed by atoms with Crippen molar-refractivity contribution >= 4 is 39.3 Å². The fourth-order valence-electron chi connectivity index (χ4n) is 5.41. The molecule has 3 aromatic carbocycles. The first-order valence-corrected chi connectivity index (χ1v) is 18.0. The largest absolute Gasteiger partial charge is 0.497 e. The average Bonchev–Trinajstić information content (AvgIpc) is 3.07. The van der Waals surface area contributed by atoms with Gasteiger partial charge in [0.1, 0.15) is 24.1 Å². The maximum atomic E-state index is 14.3. The summed E-state index contributed by atoms with van der Waals surface area (Å²) in [5.41, 5.74) is 1.02. The van der Waals surface area contributed by atoms with Crippen molar-refractivity contribution in [3.05, 3.63) is 78.4 Å². The molecule has 4 rings (SSSR count). The molecule has 45 heavy (non-hydrogen) atoms. The molecule has 1 atom stereocenters. The van der Waals surface area contributed by atoms with Crippen LogP contribution in [0.25, 0.3) is 0 Å². The van der Waals surface area contributed by atoms with Crippen LogP contribution in [0, 0.1) is 0 Å². The predicted octanol–water partition coefficient (Wildman–Crippen LogP) is 5.88. The molecule has 0 saturated heterocycles. The van der Waals surface area contributed by atoms with Gasteiger partial charge >= 0.3 is 0 Å². The van der Waals surface area contributed by atoms with Crippen molar-refractivity contribution in [2.24, 2.45) is 0 Å². The van der Waals surface area contributed by atoms with Gasteiger partial charge in [-0.15, -0.1) is 11.8 Å². The molecule has 2 amide bonds. The lowest BCUT2D eigenvalue weighted by Gasteiger charge is -2.33. The Morgan fingerprint density at radius 3 is 2.27 bits per heavy atom. The van der Waals surface area contributed by atoms with E-state index in [1.54, 1.807) is 62.6 Å². The Labute approximate surface area is 271 Å². The van der Waals surface area contributed by atoms with Crippen LogP contribution in [0.4, 0.5) is 5.69 Å². The van der Waals surface area contributed by atoms with Gasteiger partial charge < -0.3 is 19.7 Å². The molecule has 0 unspecified atom stereocenters. The van der Waals surface area contributed by atoms with E-state index in [4.69, 9.17) is 9.47 Å². The lowest BCUT2D eigenvalue weighted by molar-refractivity contribution is -0.139. The SMILES string of the molecule is CCOc1ccccc1N(CC(=O)N(Cc1ccc(OC)cc1)[C@@H](C)C(=O)NC1CCCCC1)S(=O)(=O)c1ccc(SC)cc1. The van der Waals surface area contributed by atoms with Crippen molar-refractivity contribution in [1.29, 1.82) is 0 Å². The van der Waals surface area contributed by atoms with Gasteiger partial charge in [0.25, 0.3) is 10.0 Å². The molecule has 1 saturated carbocycles. The molecule has 0 radical (unpaired) electrons. The summed E-state index contributed by atoms with van der Waals surface area (Å²) in [6, 6.07) is 19.8. The Kier molecular flexibility index (Phi) is 12.2. The van der Waals surface area contributed by atoms with Gasteiger partial charge in [0, 0.05) is 17.5 Å². The minimum atomic E-state index is -4.22. The molecule has 1 aliphatic carbocycles. The number of rotatable bonds is 14. The fraction of sp³-hybridized carbons (Fsp3) is 0.412. The summed E-state index contributed by atoms with van der Waals surface area (Å²) in [5.74, 6) is 0.215. The third-order valence-electron chi connectivity index (χ3n) is 7.99. The van der Waals surface area contributed by atoms with E-state index in [1.807, 2.05) is 25.3 Å². The van der Waals surface area contributed by atoms with Crippen LogP contribution in [-0.2, 0) is 26.2 Å². The highest BCUT2D eigenvalue weighted by molar-refractivity contribution is 7.98. The monoisotopic (exact) mass is 653 g/mol. The molecule has 3 aromatic rings. The number of hydrogen-bond acceptors (Lipinski definition) is 7.